The van der Waals surface area contributed by atoms with Crippen LogP contribution in [-0.2, 0) is 9.59 Å². The van der Waals surface area contributed by atoms with E-state index < -0.39 is 40.5 Å². The first-order chi connectivity index (χ1) is 27.7. The number of anilines is 2. The molecule has 2 aromatic carbocycles. The smallest absolute Gasteiger partial charge is 0.271 e. The van der Waals surface area contributed by atoms with Crippen molar-refractivity contribution in [2.45, 2.75) is 77.6 Å². The highest BCUT2D eigenvalue weighted by Crippen LogP contribution is 2.55. The minimum Gasteiger partial charge on any atom is -0.489 e. The minimum absolute atomic E-state index is 0.0820. The minimum atomic E-state index is -0.986. The van der Waals surface area contributed by atoms with E-state index in [0.29, 0.717) is 27.9 Å². The van der Waals surface area contributed by atoms with Crippen LogP contribution < -0.4 is 25.2 Å². The van der Waals surface area contributed by atoms with E-state index in [-0.39, 0.29) is 42.2 Å². The fourth-order valence-corrected chi connectivity index (χ4v) is 10.1. The van der Waals surface area contributed by atoms with Crippen LogP contribution >= 0.6 is 11.6 Å². The molecule has 16 heteroatoms. The molecule has 4 aliphatic heterocycles. The van der Waals surface area contributed by atoms with Gasteiger partial charge in [-0.05, 0) is 49.6 Å². The Labute approximate surface area is 341 Å². The van der Waals surface area contributed by atoms with Gasteiger partial charge in [-0.1, -0.05) is 39.3 Å². The topological polar surface area (TPSA) is 181 Å². The third-order valence-electron chi connectivity index (χ3n) is 12.7. The SMILES string of the molecule is CC1(C)C(NC(=O)c2cnc(N3CCN(C4CCN(c5ccc6c(c5)C(=O)N(C5CCC(=O)NC5=O)C6=O)CC4)CC3)cn2)C(C)(C)C1Oc1ccc(C#N)c(Cl)c1. The molecular formula is C42H46ClN9O6. The maximum absolute atomic E-state index is 13.4. The number of aromatic nitrogens is 2. The predicted octanol–water partition coefficient (Wildman–Crippen LogP) is 3.81. The average Bonchev–Trinajstić information content (AvgIpc) is 3.46. The summed E-state index contributed by atoms with van der Waals surface area (Å²) in [6.45, 7) is 13.1. The van der Waals surface area contributed by atoms with Gasteiger partial charge in [0.05, 0.1) is 34.1 Å². The second kappa shape index (κ2) is 15.0. The van der Waals surface area contributed by atoms with E-state index in [0.717, 1.165) is 68.5 Å². The Morgan fingerprint density at radius 1 is 0.879 bits per heavy atom. The molecule has 1 aromatic heterocycles. The lowest BCUT2D eigenvalue weighted by Crippen LogP contribution is -2.74. The number of nitrogens with zero attached hydrogens (tertiary/aromatic N) is 7. The summed E-state index contributed by atoms with van der Waals surface area (Å²) in [6, 6.07) is 11.6. The largest absolute Gasteiger partial charge is 0.489 e. The van der Waals surface area contributed by atoms with Crippen LogP contribution in [0.2, 0.25) is 5.02 Å². The number of hydrogen-bond acceptors (Lipinski definition) is 12. The fourth-order valence-electron chi connectivity index (χ4n) is 9.86. The van der Waals surface area contributed by atoms with Gasteiger partial charge in [-0.15, -0.1) is 0 Å². The molecule has 0 radical (unpaired) electrons. The number of imide groups is 2. The number of rotatable bonds is 8. The highest BCUT2D eigenvalue weighted by Gasteiger charge is 2.64. The molecule has 2 N–H and O–H groups in total. The molecule has 1 aliphatic carbocycles. The van der Waals surface area contributed by atoms with Gasteiger partial charge in [0.2, 0.25) is 11.8 Å². The van der Waals surface area contributed by atoms with Crippen molar-refractivity contribution in [1.29, 1.82) is 5.26 Å². The zero-order chi connectivity index (χ0) is 41.1. The molecule has 5 heterocycles. The highest BCUT2D eigenvalue weighted by atomic mass is 35.5. The van der Waals surface area contributed by atoms with E-state index in [1.54, 1.807) is 36.5 Å². The van der Waals surface area contributed by atoms with E-state index in [1.165, 1.54) is 6.20 Å². The first-order valence-electron chi connectivity index (χ1n) is 19.8. The summed E-state index contributed by atoms with van der Waals surface area (Å²) in [6.07, 6.45) is 5.08. The molecule has 3 aromatic rings. The van der Waals surface area contributed by atoms with Crippen LogP contribution in [0.5, 0.6) is 5.75 Å². The normalized spacial score (nSPS) is 24.5. The molecule has 302 valence electrons. The summed E-state index contributed by atoms with van der Waals surface area (Å²) in [4.78, 5) is 81.0. The van der Waals surface area contributed by atoms with Gasteiger partial charge in [0.15, 0.2) is 0 Å². The number of nitriles is 1. The van der Waals surface area contributed by atoms with Crippen molar-refractivity contribution in [1.82, 2.24) is 30.4 Å². The number of carbonyl (C=O) groups is 5. The van der Waals surface area contributed by atoms with Gasteiger partial charge in [-0.3, -0.25) is 39.1 Å². The molecule has 1 saturated carbocycles. The third-order valence-corrected chi connectivity index (χ3v) is 13.0. The molecule has 0 spiro atoms. The fraction of sp³-hybridized carbons (Fsp3) is 0.476. The van der Waals surface area contributed by atoms with Crippen molar-refractivity contribution < 1.29 is 28.7 Å². The van der Waals surface area contributed by atoms with E-state index in [2.05, 4.69) is 69.1 Å². The third kappa shape index (κ3) is 6.91. The standard InChI is InChI=1S/C42H46ClN9O6/c1-41(2)39(42(3,4)40(41)58-27-7-5-24(21-44)30(43)20-27)48-35(54)31-22-46-33(23-45-31)51-17-15-50(16-18-51)25-11-13-49(14-12-25)26-6-8-28-29(19-26)38(57)52(37(28)56)32-9-10-34(53)47-36(32)55/h5-8,19-20,22-23,25,32,39-40H,9-18H2,1-4H3,(H,48,54)(H,47,53,55). The van der Waals surface area contributed by atoms with Gasteiger partial charge in [-0.2, -0.15) is 5.26 Å². The van der Waals surface area contributed by atoms with Crippen LogP contribution in [0.1, 0.15) is 90.1 Å². The van der Waals surface area contributed by atoms with Crippen LogP contribution in [0.25, 0.3) is 0 Å². The van der Waals surface area contributed by atoms with Gasteiger partial charge in [0.25, 0.3) is 17.7 Å². The van der Waals surface area contributed by atoms with Crippen molar-refractivity contribution in [3.05, 3.63) is 76.2 Å². The Bertz CT molecular complexity index is 2210. The maximum Gasteiger partial charge on any atom is 0.271 e. The number of benzene rings is 2. The summed E-state index contributed by atoms with van der Waals surface area (Å²) in [7, 11) is 0. The van der Waals surface area contributed by atoms with Crippen molar-refractivity contribution in [3.8, 4) is 11.8 Å². The van der Waals surface area contributed by atoms with Crippen LogP contribution in [0.4, 0.5) is 11.5 Å². The monoisotopic (exact) mass is 807 g/mol. The van der Waals surface area contributed by atoms with Crippen LogP contribution in [0, 0.1) is 22.2 Å². The lowest BCUT2D eigenvalue weighted by atomic mass is 9.49. The Kier molecular flexibility index (Phi) is 10.1. The predicted molar refractivity (Wildman–Crippen MR) is 214 cm³/mol. The Morgan fingerprint density at radius 3 is 2.22 bits per heavy atom. The van der Waals surface area contributed by atoms with Crippen molar-refractivity contribution >= 4 is 52.6 Å². The molecule has 1 unspecified atom stereocenters. The molecule has 5 aliphatic rings. The lowest BCUT2D eigenvalue weighted by molar-refractivity contribution is -0.164. The summed E-state index contributed by atoms with van der Waals surface area (Å²) < 4.78 is 6.35. The number of ether oxygens (including phenoxy) is 1. The van der Waals surface area contributed by atoms with Crippen molar-refractivity contribution in [2.75, 3.05) is 49.1 Å². The number of halogens is 1. The number of hydrogen-bond donors (Lipinski definition) is 2. The van der Waals surface area contributed by atoms with E-state index >= 15 is 0 Å². The first-order valence-corrected chi connectivity index (χ1v) is 20.1. The number of amides is 5. The average molecular weight is 808 g/mol. The van der Waals surface area contributed by atoms with Gasteiger partial charge in [0.1, 0.15) is 35.5 Å². The Hall–Kier alpha value is -5.59. The molecule has 3 saturated heterocycles. The second-order valence-corrected chi connectivity index (χ2v) is 17.4. The molecule has 58 heavy (non-hydrogen) atoms. The summed E-state index contributed by atoms with van der Waals surface area (Å²) in [5, 5.41) is 15.0. The van der Waals surface area contributed by atoms with E-state index in [9.17, 15) is 29.2 Å². The zero-order valence-electron chi connectivity index (χ0n) is 33.0. The molecular weight excluding hydrogens is 762 g/mol. The molecule has 1 atom stereocenters. The summed E-state index contributed by atoms with van der Waals surface area (Å²) in [5.74, 6) is -1.01. The quantitative estimate of drug-likeness (QED) is 0.315. The molecule has 0 bridgehead atoms. The van der Waals surface area contributed by atoms with Gasteiger partial charge in [-0.25, -0.2) is 9.97 Å². The molecule has 4 fully saturated rings. The first kappa shape index (κ1) is 39.2. The van der Waals surface area contributed by atoms with E-state index in [1.807, 2.05) is 6.07 Å². The van der Waals surface area contributed by atoms with Crippen molar-refractivity contribution in [3.63, 3.8) is 0 Å². The maximum atomic E-state index is 13.4. The van der Waals surface area contributed by atoms with Gasteiger partial charge in [0, 0.05) is 80.4 Å². The van der Waals surface area contributed by atoms with Crippen molar-refractivity contribution in [2.24, 2.45) is 10.8 Å². The molecule has 15 nitrogen and oxygen atoms in total. The summed E-state index contributed by atoms with van der Waals surface area (Å²) in [5.41, 5.74) is 1.26. The Balaban J connectivity index is 0.811. The number of piperidine rings is 2. The Morgan fingerprint density at radius 2 is 1.59 bits per heavy atom. The molecule has 8 rings (SSSR count). The highest BCUT2D eigenvalue weighted by molar-refractivity contribution is 6.31. The lowest BCUT2D eigenvalue weighted by Gasteiger charge is -2.63. The van der Waals surface area contributed by atoms with Crippen LogP contribution in [0.15, 0.2) is 48.8 Å². The number of piperazine rings is 1. The number of carbonyl (C=O) groups excluding carboxylic acids is 5. The van der Waals surface area contributed by atoms with Crippen LogP contribution in [0.3, 0.4) is 0 Å². The van der Waals surface area contributed by atoms with E-state index in [4.69, 9.17) is 16.3 Å². The van der Waals surface area contributed by atoms with Gasteiger partial charge < -0.3 is 19.9 Å². The second-order valence-electron chi connectivity index (χ2n) is 17.0. The number of fused-ring (bicyclic) bond motifs is 1. The summed E-state index contributed by atoms with van der Waals surface area (Å²) >= 11 is 6.24. The zero-order valence-corrected chi connectivity index (χ0v) is 33.7. The number of nitrogens with one attached hydrogen (secondary N) is 2. The van der Waals surface area contributed by atoms with Gasteiger partial charge >= 0.3 is 0 Å². The molecule has 5 amide bonds. The van der Waals surface area contributed by atoms with Crippen LogP contribution in [-0.4, -0.2) is 113 Å².